The smallest absolute Gasteiger partial charge is 0.216 e. The van der Waals surface area contributed by atoms with E-state index in [0.717, 1.165) is 5.54 Å². The Kier molecular flexibility index (Phi) is 5.75. The topological polar surface area (TPSA) is 24.1 Å². The van der Waals surface area contributed by atoms with Crippen molar-refractivity contribution in [1.82, 2.24) is 9.63 Å². The highest BCUT2D eigenvalue weighted by Gasteiger charge is 2.43. The Bertz CT molecular complexity index is 186. The molecule has 0 aliphatic rings. The van der Waals surface area contributed by atoms with Crippen LogP contribution in [0.25, 0.3) is 0 Å². The average Bonchev–Trinajstić information content (AvgIpc) is 2.11. The van der Waals surface area contributed by atoms with Crippen molar-refractivity contribution in [3.63, 3.8) is 0 Å². The van der Waals surface area contributed by atoms with E-state index in [4.69, 9.17) is 0 Å². The summed E-state index contributed by atoms with van der Waals surface area (Å²) in [7, 11) is 0.140. The molecule has 0 fully saturated rings. The zero-order chi connectivity index (χ0) is 12.3. The van der Waals surface area contributed by atoms with Crippen molar-refractivity contribution >= 4 is 17.4 Å². The second-order valence-electron chi connectivity index (χ2n) is 5.81. The molecule has 4 heteroatoms. The van der Waals surface area contributed by atoms with Crippen molar-refractivity contribution in [2.75, 3.05) is 7.05 Å². The SMILES string of the molecule is CC[Si](NC)N[Si](C)(C(C)C)C(C)(C)C. The van der Waals surface area contributed by atoms with E-state index >= 15 is 0 Å². The summed E-state index contributed by atoms with van der Waals surface area (Å²) in [5.74, 6) is 0. The molecule has 0 saturated heterocycles. The monoisotopic (exact) mass is 245 g/mol. The Morgan fingerprint density at radius 1 is 1.27 bits per heavy atom. The van der Waals surface area contributed by atoms with Gasteiger partial charge in [-0.05, 0) is 23.7 Å². The molecule has 1 atom stereocenters. The summed E-state index contributed by atoms with van der Waals surface area (Å²) in [5.41, 5.74) is 0.775. The maximum absolute atomic E-state index is 4.00. The Hall–Kier alpha value is 0.354. The normalized spacial score (nSPS) is 17.2. The quantitative estimate of drug-likeness (QED) is 0.728. The highest BCUT2D eigenvalue weighted by molar-refractivity contribution is 6.87. The lowest BCUT2D eigenvalue weighted by molar-refractivity contribution is 0.677. The molecule has 0 aromatic rings. The maximum atomic E-state index is 4.00. The summed E-state index contributed by atoms with van der Waals surface area (Å²) >= 11 is 0. The van der Waals surface area contributed by atoms with Gasteiger partial charge >= 0.3 is 0 Å². The fourth-order valence-corrected chi connectivity index (χ4v) is 10.3. The third-order valence-electron chi connectivity index (χ3n) is 3.78. The van der Waals surface area contributed by atoms with Gasteiger partial charge in [-0.2, -0.15) is 0 Å². The van der Waals surface area contributed by atoms with Crippen molar-refractivity contribution in [2.24, 2.45) is 0 Å². The van der Waals surface area contributed by atoms with Crippen molar-refractivity contribution in [2.45, 2.75) is 64.7 Å². The van der Waals surface area contributed by atoms with Gasteiger partial charge in [0.05, 0.1) is 0 Å². The molecule has 0 aliphatic carbocycles. The summed E-state index contributed by atoms with van der Waals surface area (Å²) < 4.78 is 4.00. The highest BCUT2D eigenvalue weighted by Crippen LogP contribution is 2.41. The van der Waals surface area contributed by atoms with E-state index in [1.807, 2.05) is 0 Å². The first-order valence-corrected chi connectivity index (χ1v) is 10.3. The van der Waals surface area contributed by atoms with E-state index in [9.17, 15) is 0 Å². The average molecular weight is 246 g/mol. The van der Waals surface area contributed by atoms with Crippen LogP contribution in [0.2, 0.25) is 23.2 Å². The standard InChI is InChI=1S/C11H29N2Si2/c1-9-14(12-7)13-15(8,10(2)3)11(4,5)6/h10,12-13H,9H2,1-8H3. The molecule has 2 nitrogen and oxygen atoms in total. The van der Waals surface area contributed by atoms with Gasteiger partial charge in [0, 0.05) is 0 Å². The van der Waals surface area contributed by atoms with Crippen molar-refractivity contribution < 1.29 is 0 Å². The van der Waals surface area contributed by atoms with Crippen molar-refractivity contribution in [3.05, 3.63) is 0 Å². The zero-order valence-corrected chi connectivity index (χ0v) is 13.8. The van der Waals surface area contributed by atoms with Crippen LogP contribution in [0.1, 0.15) is 41.5 Å². The molecule has 0 aliphatic heterocycles. The van der Waals surface area contributed by atoms with Crippen LogP contribution in [0.4, 0.5) is 0 Å². The van der Waals surface area contributed by atoms with Crippen LogP contribution in [-0.4, -0.2) is 24.4 Å². The molecule has 0 aromatic heterocycles. The van der Waals surface area contributed by atoms with Gasteiger partial charge in [-0.15, -0.1) is 0 Å². The van der Waals surface area contributed by atoms with Crippen molar-refractivity contribution in [3.8, 4) is 0 Å². The number of hydrogen-bond donors (Lipinski definition) is 2. The van der Waals surface area contributed by atoms with Crippen LogP contribution >= 0.6 is 0 Å². The molecule has 2 N–H and O–H groups in total. The van der Waals surface area contributed by atoms with Gasteiger partial charge in [-0.25, -0.2) is 0 Å². The van der Waals surface area contributed by atoms with Crippen LogP contribution < -0.4 is 9.63 Å². The number of hydrogen-bond acceptors (Lipinski definition) is 2. The number of rotatable bonds is 5. The molecular formula is C11H29N2Si2. The Labute approximate surface area is 99.1 Å². The first-order chi connectivity index (χ1) is 6.69. The van der Waals surface area contributed by atoms with Gasteiger partial charge in [0.25, 0.3) is 0 Å². The van der Waals surface area contributed by atoms with Gasteiger partial charge in [0.15, 0.2) is 0 Å². The van der Waals surface area contributed by atoms with Gasteiger partial charge in [-0.1, -0.05) is 48.1 Å². The summed E-state index contributed by atoms with van der Waals surface area (Å²) in [4.78, 5) is 3.46. The van der Waals surface area contributed by atoms with E-state index in [1.54, 1.807) is 0 Å². The first-order valence-electron chi connectivity index (χ1n) is 6.00. The second-order valence-corrected chi connectivity index (χ2v) is 14.0. The minimum absolute atomic E-state index is 0.420. The van der Waals surface area contributed by atoms with Crippen LogP contribution in [0.15, 0.2) is 0 Å². The molecular weight excluding hydrogens is 216 g/mol. The molecule has 0 saturated carbocycles. The van der Waals surface area contributed by atoms with E-state index in [2.05, 4.69) is 64.8 Å². The first kappa shape index (κ1) is 15.4. The zero-order valence-electron chi connectivity index (χ0n) is 11.8. The fraction of sp³-hybridized carbons (Fsp3) is 1.00. The van der Waals surface area contributed by atoms with E-state index in [0.29, 0.717) is 5.04 Å². The van der Waals surface area contributed by atoms with Gasteiger partial charge in [0.2, 0.25) is 9.12 Å². The molecule has 15 heavy (non-hydrogen) atoms. The minimum Gasteiger partial charge on any atom is -0.347 e. The summed E-state index contributed by atoms with van der Waals surface area (Å²) in [6.07, 6.45) is 0. The lowest BCUT2D eigenvalue weighted by Crippen LogP contribution is -2.65. The fourth-order valence-electron chi connectivity index (χ4n) is 1.84. The van der Waals surface area contributed by atoms with Gasteiger partial charge in [-0.3, -0.25) is 0 Å². The largest absolute Gasteiger partial charge is 0.347 e. The molecule has 0 spiro atoms. The summed E-state index contributed by atoms with van der Waals surface area (Å²) in [6.45, 7) is 16.7. The Morgan fingerprint density at radius 2 is 1.73 bits per heavy atom. The molecule has 0 aromatic carbocycles. The summed E-state index contributed by atoms with van der Waals surface area (Å²) in [5, 5.41) is 0.420. The van der Waals surface area contributed by atoms with Crippen LogP contribution in [-0.2, 0) is 0 Å². The molecule has 1 radical (unpaired) electrons. The molecule has 0 bridgehead atoms. The van der Waals surface area contributed by atoms with Crippen molar-refractivity contribution in [1.29, 1.82) is 0 Å². The highest BCUT2D eigenvalue weighted by atomic mass is 28.4. The third-order valence-corrected chi connectivity index (χ3v) is 13.8. The molecule has 0 rings (SSSR count). The van der Waals surface area contributed by atoms with Crippen LogP contribution in [0.5, 0.6) is 0 Å². The maximum Gasteiger partial charge on any atom is 0.216 e. The molecule has 0 amide bonds. The Morgan fingerprint density at radius 3 is 1.93 bits per heavy atom. The van der Waals surface area contributed by atoms with Gasteiger partial charge < -0.3 is 9.63 Å². The number of nitrogens with one attached hydrogen (secondary N) is 2. The van der Waals surface area contributed by atoms with Gasteiger partial charge in [0.1, 0.15) is 8.24 Å². The minimum atomic E-state index is -1.40. The molecule has 91 valence electrons. The molecule has 0 heterocycles. The molecule has 1 unspecified atom stereocenters. The predicted molar refractivity (Wildman–Crippen MR) is 74.9 cm³/mol. The lowest BCUT2D eigenvalue weighted by atomic mass is 10.2. The third kappa shape index (κ3) is 3.69. The van der Waals surface area contributed by atoms with E-state index in [-0.39, 0.29) is 0 Å². The summed E-state index contributed by atoms with van der Waals surface area (Å²) in [6, 6.07) is 1.24. The van der Waals surface area contributed by atoms with Crippen LogP contribution in [0, 0.1) is 0 Å². The van der Waals surface area contributed by atoms with E-state index in [1.165, 1.54) is 6.04 Å². The van der Waals surface area contributed by atoms with E-state index < -0.39 is 17.4 Å². The van der Waals surface area contributed by atoms with Crippen LogP contribution in [0.3, 0.4) is 0 Å². The Balaban J connectivity index is 4.81. The predicted octanol–water partition coefficient (Wildman–Crippen LogP) is 3.09. The second kappa shape index (κ2) is 5.61. The lowest BCUT2D eigenvalue weighted by Gasteiger charge is -2.45.